The fourth-order valence-corrected chi connectivity index (χ4v) is 3.16. The minimum Gasteiger partial charge on any atom is -0.314 e. The van der Waals surface area contributed by atoms with E-state index in [1.807, 2.05) is 0 Å². The summed E-state index contributed by atoms with van der Waals surface area (Å²) in [5.74, 6) is 0. The Morgan fingerprint density at radius 3 is 2.63 bits per heavy atom. The summed E-state index contributed by atoms with van der Waals surface area (Å²) < 4.78 is 0. The average Bonchev–Trinajstić information content (AvgIpc) is 2.44. The van der Waals surface area contributed by atoms with Crippen LogP contribution in [0.1, 0.15) is 54.0 Å². The number of hydrogen-bond acceptors (Lipinski definition) is 2. The van der Waals surface area contributed by atoms with E-state index in [0.29, 0.717) is 12.1 Å². The molecule has 0 spiro atoms. The number of benzene rings is 1. The second-order valence-electron chi connectivity index (χ2n) is 5.95. The van der Waals surface area contributed by atoms with Crippen LogP contribution < -0.4 is 10.6 Å². The first-order chi connectivity index (χ1) is 9.13. The molecule has 0 aromatic heterocycles. The van der Waals surface area contributed by atoms with E-state index in [1.54, 1.807) is 0 Å². The quantitative estimate of drug-likeness (QED) is 0.867. The minimum absolute atomic E-state index is 0.467. The van der Waals surface area contributed by atoms with Gasteiger partial charge in [-0.05, 0) is 75.9 Å². The second-order valence-corrected chi connectivity index (χ2v) is 5.95. The van der Waals surface area contributed by atoms with Crippen LogP contribution in [0.4, 0.5) is 0 Å². The predicted molar refractivity (Wildman–Crippen MR) is 82.7 cm³/mol. The van der Waals surface area contributed by atoms with E-state index in [1.165, 1.54) is 54.5 Å². The van der Waals surface area contributed by atoms with Gasteiger partial charge in [0.2, 0.25) is 0 Å². The fourth-order valence-electron chi connectivity index (χ4n) is 3.16. The lowest BCUT2D eigenvalue weighted by Gasteiger charge is -2.29. The van der Waals surface area contributed by atoms with E-state index >= 15 is 0 Å². The summed E-state index contributed by atoms with van der Waals surface area (Å²) in [6.07, 6.45) is 5.23. The van der Waals surface area contributed by atoms with Crippen LogP contribution in [0.25, 0.3) is 0 Å². The van der Waals surface area contributed by atoms with Crippen molar-refractivity contribution in [1.82, 2.24) is 10.6 Å². The van der Waals surface area contributed by atoms with Crippen molar-refractivity contribution in [3.63, 3.8) is 0 Å². The molecular formula is C17H28N2. The van der Waals surface area contributed by atoms with Crippen molar-refractivity contribution in [2.75, 3.05) is 13.6 Å². The van der Waals surface area contributed by atoms with Crippen LogP contribution in [0.3, 0.4) is 0 Å². The minimum atomic E-state index is 0.467. The van der Waals surface area contributed by atoms with Crippen LogP contribution >= 0.6 is 0 Å². The molecule has 2 nitrogen and oxygen atoms in total. The van der Waals surface area contributed by atoms with Gasteiger partial charge in [0, 0.05) is 12.1 Å². The van der Waals surface area contributed by atoms with Gasteiger partial charge in [-0.15, -0.1) is 0 Å². The van der Waals surface area contributed by atoms with Gasteiger partial charge in [-0.3, -0.25) is 0 Å². The molecule has 0 radical (unpaired) electrons. The third-order valence-corrected chi connectivity index (χ3v) is 4.76. The topological polar surface area (TPSA) is 24.1 Å². The van der Waals surface area contributed by atoms with Gasteiger partial charge in [-0.25, -0.2) is 0 Å². The van der Waals surface area contributed by atoms with Crippen molar-refractivity contribution < 1.29 is 0 Å². The van der Waals surface area contributed by atoms with Crippen LogP contribution in [0.2, 0.25) is 0 Å². The van der Waals surface area contributed by atoms with Crippen molar-refractivity contribution in [3.05, 3.63) is 34.4 Å². The van der Waals surface area contributed by atoms with Gasteiger partial charge >= 0.3 is 0 Å². The molecule has 2 unspecified atom stereocenters. The molecule has 2 rings (SSSR count). The number of nitrogens with one attached hydrogen (secondary N) is 2. The summed E-state index contributed by atoms with van der Waals surface area (Å²) in [5, 5.41) is 7.17. The molecule has 0 amide bonds. The van der Waals surface area contributed by atoms with Crippen molar-refractivity contribution in [2.45, 2.75) is 58.5 Å². The van der Waals surface area contributed by atoms with Crippen LogP contribution in [0.15, 0.2) is 12.1 Å². The maximum Gasteiger partial charge on any atom is 0.0335 e. The Balaban J connectivity index is 2.14. The molecule has 1 saturated heterocycles. The van der Waals surface area contributed by atoms with E-state index < -0.39 is 0 Å². The molecule has 2 heteroatoms. The summed E-state index contributed by atoms with van der Waals surface area (Å²) in [5.41, 5.74) is 5.76. The molecule has 1 aromatic rings. The molecule has 1 fully saturated rings. The highest BCUT2D eigenvalue weighted by Crippen LogP contribution is 2.27. The lowest BCUT2D eigenvalue weighted by molar-refractivity contribution is 0.346. The molecule has 0 bridgehead atoms. The molecule has 0 saturated carbocycles. The van der Waals surface area contributed by atoms with Gasteiger partial charge in [0.15, 0.2) is 0 Å². The largest absolute Gasteiger partial charge is 0.314 e. The van der Waals surface area contributed by atoms with Gasteiger partial charge < -0.3 is 10.6 Å². The maximum absolute atomic E-state index is 3.66. The van der Waals surface area contributed by atoms with E-state index in [9.17, 15) is 0 Å². The Morgan fingerprint density at radius 1 is 1.21 bits per heavy atom. The second kappa shape index (κ2) is 6.53. The van der Waals surface area contributed by atoms with Crippen LogP contribution in [0.5, 0.6) is 0 Å². The summed E-state index contributed by atoms with van der Waals surface area (Å²) in [6, 6.07) is 5.71. The standard InChI is InChI=1S/C17H28N2/c1-12-8-9-16(14(3)13(12)2)17(18-4)11-15-7-5-6-10-19-15/h8-9,15,17-19H,5-7,10-11H2,1-4H3. The zero-order chi connectivity index (χ0) is 13.8. The van der Waals surface area contributed by atoms with Crippen LogP contribution in [-0.4, -0.2) is 19.6 Å². The Kier molecular flexibility index (Phi) is 5.00. The van der Waals surface area contributed by atoms with Crippen molar-refractivity contribution >= 4 is 0 Å². The maximum atomic E-state index is 3.66. The zero-order valence-corrected chi connectivity index (χ0v) is 12.8. The molecule has 2 N–H and O–H groups in total. The first-order valence-corrected chi connectivity index (χ1v) is 7.61. The van der Waals surface area contributed by atoms with Gasteiger partial charge in [0.05, 0.1) is 0 Å². The Hall–Kier alpha value is -0.860. The zero-order valence-electron chi connectivity index (χ0n) is 12.8. The van der Waals surface area contributed by atoms with Crippen molar-refractivity contribution in [1.29, 1.82) is 0 Å². The number of piperidine rings is 1. The van der Waals surface area contributed by atoms with Gasteiger partial charge in [-0.2, -0.15) is 0 Å². The Labute approximate surface area is 118 Å². The fraction of sp³-hybridized carbons (Fsp3) is 0.647. The first kappa shape index (κ1) is 14.5. The van der Waals surface area contributed by atoms with Crippen LogP contribution in [0, 0.1) is 20.8 Å². The summed E-state index contributed by atoms with van der Waals surface area (Å²) >= 11 is 0. The highest BCUT2D eigenvalue weighted by Gasteiger charge is 2.20. The Bertz CT molecular complexity index is 420. The normalized spacial score (nSPS) is 21.4. The summed E-state index contributed by atoms with van der Waals surface area (Å²) in [7, 11) is 2.09. The lowest BCUT2D eigenvalue weighted by atomic mass is 9.89. The SMILES string of the molecule is CNC(CC1CCCCN1)c1ccc(C)c(C)c1C. The summed E-state index contributed by atoms with van der Waals surface area (Å²) in [4.78, 5) is 0. The smallest absolute Gasteiger partial charge is 0.0335 e. The first-order valence-electron chi connectivity index (χ1n) is 7.61. The molecule has 1 heterocycles. The van der Waals surface area contributed by atoms with E-state index in [2.05, 4.69) is 50.6 Å². The molecule has 1 aromatic carbocycles. The molecule has 1 aliphatic heterocycles. The van der Waals surface area contributed by atoms with Crippen LogP contribution in [-0.2, 0) is 0 Å². The van der Waals surface area contributed by atoms with E-state index in [4.69, 9.17) is 0 Å². The highest BCUT2D eigenvalue weighted by molar-refractivity contribution is 5.40. The van der Waals surface area contributed by atoms with Gasteiger partial charge in [0.25, 0.3) is 0 Å². The van der Waals surface area contributed by atoms with Gasteiger partial charge in [0.1, 0.15) is 0 Å². The van der Waals surface area contributed by atoms with Gasteiger partial charge in [-0.1, -0.05) is 18.6 Å². The monoisotopic (exact) mass is 260 g/mol. The van der Waals surface area contributed by atoms with Crippen molar-refractivity contribution in [3.8, 4) is 0 Å². The number of aryl methyl sites for hydroxylation is 1. The molecule has 106 valence electrons. The molecule has 2 atom stereocenters. The third kappa shape index (κ3) is 3.37. The van der Waals surface area contributed by atoms with E-state index in [-0.39, 0.29) is 0 Å². The number of rotatable bonds is 4. The predicted octanol–water partition coefficient (Wildman–Crippen LogP) is 3.40. The number of hydrogen-bond donors (Lipinski definition) is 2. The lowest BCUT2D eigenvalue weighted by Crippen LogP contribution is -2.37. The highest BCUT2D eigenvalue weighted by atomic mass is 14.9. The molecular weight excluding hydrogens is 232 g/mol. The molecule has 19 heavy (non-hydrogen) atoms. The van der Waals surface area contributed by atoms with E-state index in [0.717, 1.165) is 0 Å². The summed E-state index contributed by atoms with van der Waals surface area (Å²) in [6.45, 7) is 7.88. The average molecular weight is 260 g/mol. The Morgan fingerprint density at radius 2 is 2.00 bits per heavy atom. The molecule has 0 aliphatic carbocycles. The van der Waals surface area contributed by atoms with Crippen molar-refractivity contribution in [2.24, 2.45) is 0 Å². The molecule has 1 aliphatic rings. The third-order valence-electron chi connectivity index (χ3n) is 4.76.